The molecule has 3 nitrogen and oxygen atoms in total. The molecule has 0 fully saturated rings. The van der Waals surface area contributed by atoms with Crippen molar-refractivity contribution in [3.8, 4) is 6.07 Å². The van der Waals surface area contributed by atoms with Crippen molar-refractivity contribution in [3.63, 3.8) is 0 Å². The van der Waals surface area contributed by atoms with Crippen molar-refractivity contribution in [1.29, 1.82) is 5.26 Å². The van der Waals surface area contributed by atoms with Crippen LogP contribution in [0.4, 0.5) is 0 Å². The third kappa shape index (κ3) is 2.55. The fourth-order valence-corrected chi connectivity index (χ4v) is 1.14. The van der Waals surface area contributed by atoms with E-state index < -0.39 is 0 Å². The molecule has 0 aliphatic rings. The number of isocyanates is 1. The van der Waals surface area contributed by atoms with Crippen LogP contribution >= 0.6 is 0 Å². The molecule has 0 aliphatic carbocycles. The van der Waals surface area contributed by atoms with Crippen molar-refractivity contribution in [2.45, 2.75) is 13.5 Å². The maximum absolute atomic E-state index is 9.86. The van der Waals surface area contributed by atoms with E-state index in [1.165, 1.54) is 6.08 Å². The minimum absolute atomic E-state index is 0.292. The van der Waals surface area contributed by atoms with Crippen molar-refractivity contribution >= 4 is 6.08 Å². The molecule has 1 rings (SSSR count). The number of nitriles is 1. The zero-order valence-electron chi connectivity index (χ0n) is 7.24. The van der Waals surface area contributed by atoms with Gasteiger partial charge in [0.05, 0.1) is 18.2 Å². The van der Waals surface area contributed by atoms with Gasteiger partial charge in [0.1, 0.15) is 0 Å². The lowest BCUT2D eigenvalue weighted by molar-refractivity contribution is 0.563. The van der Waals surface area contributed by atoms with Crippen LogP contribution < -0.4 is 0 Å². The van der Waals surface area contributed by atoms with Gasteiger partial charge in [-0.1, -0.05) is 6.07 Å². The maximum Gasteiger partial charge on any atom is 0.235 e. The molecule has 0 saturated carbocycles. The number of carbonyl (C=O) groups excluding carboxylic acids is 1. The lowest BCUT2D eigenvalue weighted by Gasteiger charge is -1.98. The number of benzene rings is 1. The van der Waals surface area contributed by atoms with E-state index in [1.54, 1.807) is 12.1 Å². The summed E-state index contributed by atoms with van der Waals surface area (Å²) in [5.74, 6) is 0. The molecule has 0 aromatic heterocycles. The molecular formula is C10H8N2O. The zero-order valence-corrected chi connectivity index (χ0v) is 7.24. The Balaban J connectivity index is 3.02. The van der Waals surface area contributed by atoms with E-state index in [0.29, 0.717) is 12.1 Å². The molecule has 13 heavy (non-hydrogen) atoms. The van der Waals surface area contributed by atoms with Crippen molar-refractivity contribution < 1.29 is 4.79 Å². The van der Waals surface area contributed by atoms with Crippen LogP contribution in [0.25, 0.3) is 0 Å². The summed E-state index contributed by atoms with van der Waals surface area (Å²) in [6.07, 6.45) is 1.47. The Hall–Kier alpha value is -1.91. The lowest BCUT2D eigenvalue weighted by Crippen LogP contribution is -1.85. The van der Waals surface area contributed by atoms with Crippen LogP contribution in [0, 0.1) is 18.3 Å². The first-order chi connectivity index (χ1) is 6.26. The highest BCUT2D eigenvalue weighted by molar-refractivity contribution is 5.38. The fraction of sp³-hybridized carbons (Fsp3) is 0.200. The van der Waals surface area contributed by atoms with Gasteiger partial charge in [0, 0.05) is 0 Å². The van der Waals surface area contributed by atoms with Gasteiger partial charge in [0.15, 0.2) is 0 Å². The lowest BCUT2D eigenvalue weighted by atomic mass is 10.1. The molecule has 0 N–H and O–H groups in total. The van der Waals surface area contributed by atoms with Crippen LogP contribution in [0.15, 0.2) is 23.2 Å². The number of aryl methyl sites for hydroxylation is 1. The molecule has 0 saturated heterocycles. The quantitative estimate of drug-likeness (QED) is 0.503. The van der Waals surface area contributed by atoms with E-state index in [2.05, 4.69) is 4.99 Å². The predicted octanol–water partition coefficient (Wildman–Crippen LogP) is 1.70. The van der Waals surface area contributed by atoms with Gasteiger partial charge in [0.2, 0.25) is 6.08 Å². The van der Waals surface area contributed by atoms with Crippen LogP contribution in [0.5, 0.6) is 0 Å². The minimum atomic E-state index is 0.292. The van der Waals surface area contributed by atoms with Crippen molar-refractivity contribution in [3.05, 3.63) is 34.9 Å². The first-order valence-corrected chi connectivity index (χ1v) is 3.80. The average molecular weight is 172 g/mol. The van der Waals surface area contributed by atoms with Crippen molar-refractivity contribution in [2.24, 2.45) is 4.99 Å². The van der Waals surface area contributed by atoms with Gasteiger partial charge in [-0.2, -0.15) is 5.26 Å². The molecule has 0 spiro atoms. The van der Waals surface area contributed by atoms with Gasteiger partial charge in [-0.25, -0.2) is 9.79 Å². The fourth-order valence-electron chi connectivity index (χ4n) is 1.14. The van der Waals surface area contributed by atoms with E-state index in [9.17, 15) is 4.79 Å². The second kappa shape index (κ2) is 4.20. The topological polar surface area (TPSA) is 53.2 Å². The Morgan fingerprint density at radius 3 is 2.85 bits per heavy atom. The normalized spacial score (nSPS) is 8.62. The van der Waals surface area contributed by atoms with Gasteiger partial charge in [-0.05, 0) is 30.2 Å². The molecule has 1 aromatic rings. The Morgan fingerprint density at radius 2 is 2.23 bits per heavy atom. The highest BCUT2D eigenvalue weighted by Crippen LogP contribution is 2.09. The monoisotopic (exact) mass is 172 g/mol. The van der Waals surface area contributed by atoms with Crippen LogP contribution in [0.2, 0.25) is 0 Å². The van der Waals surface area contributed by atoms with Gasteiger partial charge in [-0.15, -0.1) is 0 Å². The summed E-state index contributed by atoms with van der Waals surface area (Å²) in [6.45, 7) is 2.19. The molecule has 1 aromatic carbocycles. The standard InChI is InChI=1S/C10H8N2O/c1-8-2-9(5-11)4-10(3-8)6-12-7-13/h2-4H,6H2,1H3. The summed E-state index contributed by atoms with van der Waals surface area (Å²) < 4.78 is 0. The van der Waals surface area contributed by atoms with Crippen LogP contribution in [-0.2, 0) is 11.3 Å². The second-order valence-corrected chi connectivity index (χ2v) is 2.73. The van der Waals surface area contributed by atoms with Crippen LogP contribution in [-0.4, -0.2) is 6.08 Å². The van der Waals surface area contributed by atoms with Crippen molar-refractivity contribution in [1.82, 2.24) is 0 Å². The average Bonchev–Trinajstić information content (AvgIpc) is 2.14. The first kappa shape index (κ1) is 9.18. The van der Waals surface area contributed by atoms with E-state index >= 15 is 0 Å². The highest BCUT2D eigenvalue weighted by Gasteiger charge is 1.96. The van der Waals surface area contributed by atoms with Gasteiger partial charge < -0.3 is 0 Å². The Kier molecular flexibility index (Phi) is 2.97. The van der Waals surface area contributed by atoms with Gasteiger partial charge >= 0.3 is 0 Å². The van der Waals surface area contributed by atoms with Gasteiger partial charge in [0.25, 0.3) is 0 Å². The number of hydrogen-bond acceptors (Lipinski definition) is 3. The summed E-state index contributed by atoms with van der Waals surface area (Å²) >= 11 is 0. The van der Waals surface area contributed by atoms with Crippen molar-refractivity contribution in [2.75, 3.05) is 0 Å². The molecular weight excluding hydrogens is 164 g/mol. The molecule has 0 amide bonds. The van der Waals surface area contributed by atoms with Crippen LogP contribution in [0.3, 0.4) is 0 Å². The molecule has 0 heterocycles. The summed E-state index contributed by atoms with van der Waals surface area (Å²) in [6, 6.07) is 7.44. The number of aliphatic imine (C=N–C) groups is 1. The van der Waals surface area contributed by atoms with E-state index in [1.807, 2.05) is 19.1 Å². The zero-order chi connectivity index (χ0) is 9.68. The number of rotatable bonds is 2. The molecule has 0 unspecified atom stereocenters. The Bertz CT molecular complexity index is 398. The summed E-state index contributed by atoms with van der Waals surface area (Å²) in [4.78, 5) is 13.3. The van der Waals surface area contributed by atoms with Crippen LogP contribution in [0.1, 0.15) is 16.7 Å². The molecule has 0 atom stereocenters. The first-order valence-electron chi connectivity index (χ1n) is 3.80. The van der Waals surface area contributed by atoms with E-state index in [-0.39, 0.29) is 0 Å². The third-order valence-electron chi connectivity index (χ3n) is 1.59. The summed E-state index contributed by atoms with van der Waals surface area (Å²) in [7, 11) is 0. The highest BCUT2D eigenvalue weighted by atomic mass is 16.1. The Morgan fingerprint density at radius 1 is 1.46 bits per heavy atom. The molecule has 64 valence electrons. The summed E-state index contributed by atoms with van der Waals surface area (Å²) in [5.41, 5.74) is 2.45. The Labute approximate surface area is 76.3 Å². The molecule has 3 heteroatoms. The minimum Gasteiger partial charge on any atom is -0.211 e. The SMILES string of the molecule is Cc1cc(C#N)cc(CN=C=O)c1. The van der Waals surface area contributed by atoms with E-state index in [4.69, 9.17) is 5.26 Å². The molecule has 0 radical (unpaired) electrons. The smallest absolute Gasteiger partial charge is 0.211 e. The van der Waals surface area contributed by atoms with E-state index in [0.717, 1.165) is 11.1 Å². The number of hydrogen-bond donors (Lipinski definition) is 0. The maximum atomic E-state index is 9.86. The third-order valence-corrected chi connectivity index (χ3v) is 1.59. The summed E-state index contributed by atoms with van der Waals surface area (Å²) in [5, 5.41) is 8.65. The molecule has 0 bridgehead atoms. The predicted molar refractivity (Wildman–Crippen MR) is 47.7 cm³/mol. The van der Waals surface area contributed by atoms with Gasteiger partial charge in [-0.3, -0.25) is 0 Å². The largest absolute Gasteiger partial charge is 0.235 e. The number of nitrogens with zero attached hydrogens (tertiary/aromatic N) is 2. The molecule has 0 aliphatic heterocycles. The second-order valence-electron chi connectivity index (χ2n) is 2.73.